The van der Waals surface area contributed by atoms with Crippen LogP contribution in [-0.4, -0.2) is 41.3 Å². The number of benzene rings is 1. The zero-order valence-electron chi connectivity index (χ0n) is 13.6. The number of para-hydroxylation sites is 1. The molecule has 1 aromatic carbocycles. The van der Waals surface area contributed by atoms with Crippen molar-refractivity contribution in [2.75, 3.05) is 18.4 Å². The first-order valence-electron chi connectivity index (χ1n) is 8.03. The van der Waals surface area contributed by atoms with Gasteiger partial charge in [-0.1, -0.05) is 18.6 Å². The average molecular weight is 366 g/mol. The molecule has 0 aliphatic carbocycles. The van der Waals surface area contributed by atoms with Crippen LogP contribution in [0.25, 0.3) is 0 Å². The second-order valence-corrected chi connectivity index (χ2v) is 7.76. The Labute approximate surface area is 145 Å². The van der Waals surface area contributed by atoms with Crippen molar-refractivity contribution < 1.29 is 17.6 Å². The summed E-state index contributed by atoms with van der Waals surface area (Å²) in [6.45, 7) is 0.822. The Balaban J connectivity index is 1.67. The van der Waals surface area contributed by atoms with Crippen molar-refractivity contribution in [1.82, 2.24) is 13.9 Å². The maximum Gasteiger partial charge on any atom is 0.262 e. The highest BCUT2D eigenvalue weighted by atomic mass is 32.2. The molecule has 0 atom stereocenters. The molecular formula is C16H19FN4O3S. The molecule has 1 aromatic heterocycles. The lowest BCUT2D eigenvalue weighted by Gasteiger charge is -2.24. The molecule has 9 heteroatoms. The number of hydrogen-bond donors (Lipinski definition) is 1. The van der Waals surface area contributed by atoms with Crippen molar-refractivity contribution >= 4 is 21.6 Å². The van der Waals surface area contributed by atoms with Gasteiger partial charge in [-0.05, 0) is 25.0 Å². The summed E-state index contributed by atoms with van der Waals surface area (Å²) in [5.74, 6) is -1.00. The fourth-order valence-electron chi connectivity index (χ4n) is 2.71. The minimum absolute atomic E-state index is 0.0758. The van der Waals surface area contributed by atoms with Gasteiger partial charge in [-0.2, -0.15) is 4.31 Å². The van der Waals surface area contributed by atoms with Gasteiger partial charge in [0.15, 0.2) is 5.03 Å². The Kier molecular flexibility index (Phi) is 5.14. The number of imidazole rings is 1. The Hall–Kier alpha value is -2.26. The van der Waals surface area contributed by atoms with Crippen LogP contribution >= 0.6 is 0 Å². The molecule has 0 saturated carbocycles. The topological polar surface area (TPSA) is 84.3 Å². The van der Waals surface area contributed by atoms with Gasteiger partial charge in [0.2, 0.25) is 5.91 Å². The molecule has 25 heavy (non-hydrogen) atoms. The third kappa shape index (κ3) is 4.05. The molecule has 134 valence electrons. The zero-order valence-corrected chi connectivity index (χ0v) is 14.4. The van der Waals surface area contributed by atoms with Crippen LogP contribution in [0.15, 0.2) is 41.8 Å². The van der Waals surface area contributed by atoms with Gasteiger partial charge < -0.3 is 9.88 Å². The van der Waals surface area contributed by atoms with Gasteiger partial charge in [-0.25, -0.2) is 17.8 Å². The van der Waals surface area contributed by atoms with E-state index in [4.69, 9.17) is 0 Å². The molecule has 1 aliphatic heterocycles. The summed E-state index contributed by atoms with van der Waals surface area (Å²) in [6, 6.07) is 5.83. The summed E-state index contributed by atoms with van der Waals surface area (Å²) in [5, 5.41) is 2.37. The van der Waals surface area contributed by atoms with Crippen LogP contribution in [0.3, 0.4) is 0 Å². The van der Waals surface area contributed by atoms with Crippen molar-refractivity contribution in [3.8, 4) is 0 Å². The van der Waals surface area contributed by atoms with Gasteiger partial charge in [0, 0.05) is 19.3 Å². The summed E-state index contributed by atoms with van der Waals surface area (Å²) >= 11 is 0. The number of nitrogens with one attached hydrogen (secondary N) is 1. The third-order valence-electron chi connectivity index (χ3n) is 4.00. The maximum absolute atomic E-state index is 13.5. The molecule has 1 aliphatic rings. The number of nitrogens with zero attached hydrogens (tertiary/aromatic N) is 3. The second kappa shape index (κ2) is 7.32. The minimum atomic E-state index is -3.63. The smallest absolute Gasteiger partial charge is 0.262 e. The molecule has 0 spiro atoms. The van der Waals surface area contributed by atoms with Gasteiger partial charge in [-0.3, -0.25) is 4.79 Å². The lowest BCUT2D eigenvalue weighted by molar-refractivity contribution is -0.116. The molecule has 3 rings (SSSR count). The Bertz CT molecular complexity index is 860. The Morgan fingerprint density at radius 3 is 2.64 bits per heavy atom. The van der Waals surface area contributed by atoms with E-state index in [-0.39, 0.29) is 17.3 Å². The summed E-state index contributed by atoms with van der Waals surface area (Å²) in [4.78, 5) is 15.9. The van der Waals surface area contributed by atoms with E-state index in [1.165, 1.54) is 39.6 Å². The fraction of sp³-hybridized carbons (Fsp3) is 0.375. The quantitative estimate of drug-likeness (QED) is 0.875. The number of carbonyl (C=O) groups excluding carboxylic acids is 1. The molecule has 1 saturated heterocycles. The van der Waals surface area contributed by atoms with Crippen molar-refractivity contribution in [3.05, 3.63) is 42.6 Å². The summed E-state index contributed by atoms with van der Waals surface area (Å²) in [7, 11) is -3.63. The Morgan fingerprint density at radius 1 is 1.20 bits per heavy atom. The van der Waals surface area contributed by atoms with Crippen molar-refractivity contribution in [2.24, 2.45) is 0 Å². The van der Waals surface area contributed by atoms with E-state index in [1.807, 2.05) is 0 Å². The number of aromatic nitrogens is 2. The molecule has 1 amide bonds. The molecule has 7 nitrogen and oxygen atoms in total. The highest BCUT2D eigenvalue weighted by Crippen LogP contribution is 2.19. The van der Waals surface area contributed by atoms with E-state index in [9.17, 15) is 17.6 Å². The van der Waals surface area contributed by atoms with Gasteiger partial charge >= 0.3 is 0 Å². The number of rotatable bonds is 5. The van der Waals surface area contributed by atoms with Crippen molar-refractivity contribution in [2.45, 2.75) is 30.8 Å². The zero-order chi connectivity index (χ0) is 17.9. The van der Waals surface area contributed by atoms with Gasteiger partial charge in [0.05, 0.1) is 12.0 Å². The van der Waals surface area contributed by atoms with Crippen LogP contribution < -0.4 is 5.32 Å². The summed E-state index contributed by atoms with van der Waals surface area (Å²) in [5.41, 5.74) is 0.0776. The first-order chi connectivity index (χ1) is 12.0. The lowest BCUT2D eigenvalue weighted by Crippen LogP contribution is -2.35. The Morgan fingerprint density at radius 2 is 1.92 bits per heavy atom. The maximum atomic E-state index is 13.5. The number of anilines is 1. The highest BCUT2D eigenvalue weighted by molar-refractivity contribution is 7.89. The molecule has 0 radical (unpaired) electrons. The largest absolute Gasteiger partial charge is 0.327 e. The van der Waals surface area contributed by atoms with E-state index < -0.39 is 21.7 Å². The van der Waals surface area contributed by atoms with E-state index >= 15 is 0 Å². The van der Waals surface area contributed by atoms with Crippen LogP contribution in [0, 0.1) is 5.82 Å². The van der Waals surface area contributed by atoms with Crippen molar-refractivity contribution in [3.63, 3.8) is 0 Å². The molecular weight excluding hydrogens is 347 g/mol. The van der Waals surface area contributed by atoms with Gasteiger partial charge in [-0.15, -0.1) is 0 Å². The van der Waals surface area contributed by atoms with Crippen LogP contribution in [0.2, 0.25) is 0 Å². The normalized spacial score (nSPS) is 15.9. The molecule has 2 heterocycles. The number of amides is 1. The number of piperidine rings is 1. The van der Waals surface area contributed by atoms with Crippen LogP contribution in [-0.2, 0) is 21.4 Å². The van der Waals surface area contributed by atoms with Gasteiger partial charge in [0.25, 0.3) is 10.0 Å². The van der Waals surface area contributed by atoms with Crippen LogP contribution in [0.1, 0.15) is 19.3 Å². The average Bonchev–Trinajstić information content (AvgIpc) is 3.07. The van der Waals surface area contributed by atoms with Crippen LogP contribution in [0.4, 0.5) is 10.1 Å². The summed E-state index contributed by atoms with van der Waals surface area (Å²) in [6.07, 6.45) is 5.31. The van der Waals surface area contributed by atoms with Crippen molar-refractivity contribution in [1.29, 1.82) is 0 Å². The fourth-order valence-corrected chi connectivity index (χ4v) is 4.17. The summed E-state index contributed by atoms with van der Waals surface area (Å²) < 4.78 is 41.4. The number of carbonyl (C=O) groups is 1. The minimum Gasteiger partial charge on any atom is -0.327 e. The number of sulfonamides is 1. The number of hydrogen-bond acceptors (Lipinski definition) is 4. The van der Waals surface area contributed by atoms with Crippen LogP contribution in [0.5, 0.6) is 0 Å². The molecule has 0 bridgehead atoms. The molecule has 0 unspecified atom stereocenters. The predicted octanol–water partition coefficient (Wildman–Crippen LogP) is 1.84. The highest BCUT2D eigenvalue weighted by Gasteiger charge is 2.28. The van der Waals surface area contributed by atoms with E-state index in [0.29, 0.717) is 13.1 Å². The molecule has 1 N–H and O–H groups in total. The van der Waals surface area contributed by atoms with E-state index in [1.54, 1.807) is 6.07 Å². The first kappa shape index (κ1) is 17.6. The first-order valence-corrected chi connectivity index (χ1v) is 9.47. The lowest BCUT2D eigenvalue weighted by atomic mass is 10.2. The SMILES string of the molecule is O=C(Cn1cnc(S(=O)(=O)N2CCCCC2)c1)Nc1ccccc1F. The molecule has 1 fully saturated rings. The second-order valence-electron chi connectivity index (χ2n) is 5.88. The monoisotopic (exact) mass is 366 g/mol. The van der Waals surface area contributed by atoms with Gasteiger partial charge in [0.1, 0.15) is 12.4 Å². The van der Waals surface area contributed by atoms with E-state index in [0.717, 1.165) is 19.3 Å². The van der Waals surface area contributed by atoms with E-state index in [2.05, 4.69) is 10.3 Å². The standard InChI is InChI=1S/C16H19FN4O3S/c17-13-6-2-3-7-14(13)19-15(22)10-20-11-16(18-12-20)25(23,24)21-8-4-1-5-9-21/h2-3,6-7,11-12H,1,4-5,8-10H2,(H,19,22). The third-order valence-corrected chi connectivity index (χ3v) is 5.79. The molecule has 2 aromatic rings. The predicted molar refractivity (Wildman–Crippen MR) is 89.9 cm³/mol. The number of halogens is 1.